The van der Waals surface area contributed by atoms with Gasteiger partial charge in [0.25, 0.3) is 5.91 Å². The molecule has 2 aromatic carbocycles. The van der Waals surface area contributed by atoms with Gasteiger partial charge in [0.05, 0.1) is 6.61 Å². The summed E-state index contributed by atoms with van der Waals surface area (Å²) < 4.78 is 5.38. The van der Waals surface area contributed by atoms with Crippen LogP contribution in [0.2, 0.25) is 0 Å². The van der Waals surface area contributed by atoms with Crippen molar-refractivity contribution in [3.05, 3.63) is 53.6 Å². The first-order chi connectivity index (χ1) is 10.1. The largest absolute Gasteiger partial charge is 0.484 e. The van der Waals surface area contributed by atoms with E-state index in [-0.39, 0.29) is 19.1 Å². The van der Waals surface area contributed by atoms with Crippen molar-refractivity contribution in [1.82, 2.24) is 0 Å². The van der Waals surface area contributed by atoms with Crippen LogP contribution >= 0.6 is 0 Å². The topological polar surface area (TPSA) is 84.6 Å². The number of nitrogen functional groups attached to an aromatic ring is 1. The number of aryl methyl sites for hydroxylation is 1. The highest BCUT2D eigenvalue weighted by molar-refractivity contribution is 5.92. The number of hydrogen-bond donors (Lipinski definition) is 3. The van der Waals surface area contributed by atoms with Gasteiger partial charge in [-0.25, -0.2) is 0 Å². The number of nitrogens with one attached hydrogen (secondary N) is 1. The van der Waals surface area contributed by atoms with E-state index in [1.165, 1.54) is 0 Å². The van der Waals surface area contributed by atoms with E-state index in [0.717, 1.165) is 11.1 Å². The van der Waals surface area contributed by atoms with Crippen LogP contribution in [-0.4, -0.2) is 17.6 Å². The molecule has 5 nitrogen and oxygen atoms in total. The molecule has 2 aromatic rings. The molecule has 0 aliphatic carbocycles. The summed E-state index contributed by atoms with van der Waals surface area (Å²) in [4.78, 5) is 11.8. The molecule has 0 saturated heterocycles. The fourth-order valence-corrected chi connectivity index (χ4v) is 1.80. The molecular weight excluding hydrogens is 268 g/mol. The van der Waals surface area contributed by atoms with Crippen LogP contribution in [0.25, 0.3) is 0 Å². The van der Waals surface area contributed by atoms with Gasteiger partial charge in [0, 0.05) is 11.4 Å². The first-order valence-corrected chi connectivity index (χ1v) is 6.57. The Kier molecular flexibility index (Phi) is 4.79. The van der Waals surface area contributed by atoms with Gasteiger partial charge in [-0.3, -0.25) is 4.79 Å². The number of benzene rings is 2. The molecule has 0 heterocycles. The van der Waals surface area contributed by atoms with Gasteiger partial charge >= 0.3 is 0 Å². The van der Waals surface area contributed by atoms with E-state index in [0.29, 0.717) is 17.1 Å². The summed E-state index contributed by atoms with van der Waals surface area (Å²) >= 11 is 0. The van der Waals surface area contributed by atoms with Gasteiger partial charge in [0.15, 0.2) is 6.61 Å². The summed E-state index contributed by atoms with van der Waals surface area (Å²) in [5, 5.41) is 11.8. The van der Waals surface area contributed by atoms with Crippen molar-refractivity contribution in [3.8, 4) is 5.75 Å². The summed E-state index contributed by atoms with van der Waals surface area (Å²) in [5.74, 6) is 0.271. The standard InChI is InChI=1S/C16H18N2O3/c1-11-5-6-13(8-15(11)17)18-16(20)10-21-14-4-2-3-12(7-14)9-19/h2-8,19H,9-10,17H2,1H3,(H,18,20). The smallest absolute Gasteiger partial charge is 0.262 e. The number of anilines is 2. The van der Waals surface area contributed by atoms with E-state index in [1.54, 1.807) is 36.4 Å². The summed E-state index contributed by atoms with van der Waals surface area (Å²) in [6.07, 6.45) is 0. The number of hydrogen-bond acceptors (Lipinski definition) is 4. The molecule has 0 bridgehead atoms. The molecule has 0 atom stereocenters. The molecule has 0 aromatic heterocycles. The minimum absolute atomic E-state index is 0.0635. The molecule has 0 fully saturated rings. The van der Waals surface area contributed by atoms with Crippen LogP contribution in [0.3, 0.4) is 0 Å². The highest BCUT2D eigenvalue weighted by atomic mass is 16.5. The minimum Gasteiger partial charge on any atom is -0.484 e. The third kappa shape index (κ3) is 4.22. The van der Waals surface area contributed by atoms with Gasteiger partial charge in [-0.2, -0.15) is 0 Å². The second kappa shape index (κ2) is 6.76. The molecule has 0 saturated carbocycles. The third-order valence-corrected chi connectivity index (χ3v) is 3.01. The zero-order valence-electron chi connectivity index (χ0n) is 11.8. The highest BCUT2D eigenvalue weighted by Crippen LogP contribution is 2.17. The van der Waals surface area contributed by atoms with Crippen LogP contribution in [0.1, 0.15) is 11.1 Å². The number of carbonyl (C=O) groups is 1. The Morgan fingerprint density at radius 3 is 2.81 bits per heavy atom. The maximum atomic E-state index is 11.8. The molecule has 110 valence electrons. The number of aliphatic hydroxyl groups is 1. The van der Waals surface area contributed by atoms with E-state index in [4.69, 9.17) is 15.6 Å². The first-order valence-electron chi connectivity index (χ1n) is 6.57. The van der Waals surface area contributed by atoms with Crippen molar-refractivity contribution in [1.29, 1.82) is 0 Å². The minimum atomic E-state index is -0.271. The summed E-state index contributed by atoms with van der Waals surface area (Å²) in [7, 11) is 0. The zero-order valence-corrected chi connectivity index (χ0v) is 11.8. The lowest BCUT2D eigenvalue weighted by atomic mass is 10.2. The number of ether oxygens (including phenoxy) is 1. The summed E-state index contributed by atoms with van der Waals surface area (Å²) in [6, 6.07) is 12.3. The fourth-order valence-electron chi connectivity index (χ4n) is 1.80. The van der Waals surface area contributed by atoms with E-state index in [2.05, 4.69) is 5.32 Å². The van der Waals surface area contributed by atoms with Crippen molar-refractivity contribution in [2.75, 3.05) is 17.7 Å². The molecule has 0 aliphatic heterocycles. The van der Waals surface area contributed by atoms with E-state index >= 15 is 0 Å². The van der Waals surface area contributed by atoms with Gasteiger partial charge in [-0.05, 0) is 42.3 Å². The van der Waals surface area contributed by atoms with Crippen molar-refractivity contribution in [3.63, 3.8) is 0 Å². The number of carbonyl (C=O) groups excluding carboxylic acids is 1. The predicted molar refractivity (Wildman–Crippen MR) is 82.1 cm³/mol. The second-order valence-corrected chi connectivity index (χ2v) is 4.71. The maximum Gasteiger partial charge on any atom is 0.262 e. The molecule has 0 unspecified atom stereocenters. The number of nitrogens with two attached hydrogens (primary N) is 1. The number of amides is 1. The number of rotatable bonds is 5. The summed E-state index contributed by atoms with van der Waals surface area (Å²) in [6.45, 7) is 1.73. The van der Waals surface area contributed by atoms with Crippen molar-refractivity contribution >= 4 is 17.3 Å². The summed E-state index contributed by atoms with van der Waals surface area (Å²) in [5.41, 5.74) is 8.75. The number of aliphatic hydroxyl groups excluding tert-OH is 1. The van der Waals surface area contributed by atoms with Crippen molar-refractivity contribution in [2.24, 2.45) is 0 Å². The van der Waals surface area contributed by atoms with Crippen molar-refractivity contribution < 1.29 is 14.6 Å². The molecule has 5 heteroatoms. The van der Waals surface area contributed by atoms with Crippen LogP contribution in [-0.2, 0) is 11.4 Å². The van der Waals surface area contributed by atoms with Gasteiger partial charge in [0.1, 0.15) is 5.75 Å². The Morgan fingerprint density at radius 1 is 1.29 bits per heavy atom. The fraction of sp³-hybridized carbons (Fsp3) is 0.188. The van der Waals surface area contributed by atoms with E-state index in [9.17, 15) is 4.79 Å². The van der Waals surface area contributed by atoms with Gasteiger partial charge < -0.3 is 20.9 Å². The zero-order chi connectivity index (χ0) is 15.2. The Labute approximate surface area is 123 Å². The molecule has 4 N–H and O–H groups in total. The molecule has 0 spiro atoms. The first kappa shape index (κ1) is 14.9. The second-order valence-electron chi connectivity index (χ2n) is 4.71. The van der Waals surface area contributed by atoms with Gasteiger partial charge in [0.2, 0.25) is 0 Å². The Bertz CT molecular complexity index is 641. The van der Waals surface area contributed by atoms with Crippen LogP contribution in [0.5, 0.6) is 5.75 Å². The Hall–Kier alpha value is -2.53. The Morgan fingerprint density at radius 2 is 2.10 bits per heavy atom. The molecular formula is C16H18N2O3. The van der Waals surface area contributed by atoms with Crippen LogP contribution < -0.4 is 15.8 Å². The van der Waals surface area contributed by atoms with Crippen LogP contribution in [0.4, 0.5) is 11.4 Å². The average Bonchev–Trinajstić information content (AvgIpc) is 2.49. The van der Waals surface area contributed by atoms with E-state index < -0.39 is 0 Å². The molecule has 1 amide bonds. The van der Waals surface area contributed by atoms with Crippen LogP contribution in [0.15, 0.2) is 42.5 Å². The quantitative estimate of drug-likeness (QED) is 0.735. The van der Waals surface area contributed by atoms with E-state index in [1.807, 2.05) is 13.0 Å². The maximum absolute atomic E-state index is 11.8. The van der Waals surface area contributed by atoms with Gasteiger partial charge in [-0.1, -0.05) is 18.2 Å². The average molecular weight is 286 g/mol. The molecule has 2 rings (SSSR count). The lowest BCUT2D eigenvalue weighted by molar-refractivity contribution is -0.118. The molecule has 0 radical (unpaired) electrons. The highest BCUT2D eigenvalue weighted by Gasteiger charge is 2.05. The monoisotopic (exact) mass is 286 g/mol. The molecule has 21 heavy (non-hydrogen) atoms. The van der Waals surface area contributed by atoms with Crippen molar-refractivity contribution in [2.45, 2.75) is 13.5 Å². The predicted octanol–water partition coefficient (Wildman–Crippen LogP) is 2.09. The SMILES string of the molecule is Cc1ccc(NC(=O)COc2cccc(CO)c2)cc1N. The Balaban J connectivity index is 1.91. The normalized spacial score (nSPS) is 10.2. The lowest BCUT2D eigenvalue weighted by Gasteiger charge is -2.09. The van der Waals surface area contributed by atoms with Gasteiger partial charge in [-0.15, -0.1) is 0 Å². The lowest BCUT2D eigenvalue weighted by Crippen LogP contribution is -2.20. The third-order valence-electron chi connectivity index (χ3n) is 3.01. The van der Waals surface area contributed by atoms with Crippen LogP contribution in [0, 0.1) is 6.92 Å². The molecule has 0 aliphatic rings.